The van der Waals surface area contributed by atoms with Crippen LogP contribution in [-0.4, -0.2) is 65.7 Å². The van der Waals surface area contributed by atoms with Crippen LogP contribution in [0.3, 0.4) is 0 Å². The van der Waals surface area contributed by atoms with E-state index >= 15 is 0 Å². The van der Waals surface area contributed by atoms with Crippen molar-refractivity contribution in [2.24, 2.45) is 5.92 Å². The Labute approximate surface area is 167 Å². The van der Waals surface area contributed by atoms with Gasteiger partial charge in [-0.2, -0.15) is 13.2 Å². The number of likely N-dealkylation sites (N-methyl/N-ethyl adjacent to an activating group) is 1. The Kier molecular flexibility index (Phi) is 5.10. The van der Waals surface area contributed by atoms with Gasteiger partial charge in [-0.3, -0.25) is 14.8 Å². The van der Waals surface area contributed by atoms with Crippen molar-refractivity contribution in [2.75, 3.05) is 31.6 Å². The molecule has 1 amide bonds. The summed E-state index contributed by atoms with van der Waals surface area (Å²) >= 11 is 0. The molecule has 0 bridgehead atoms. The summed E-state index contributed by atoms with van der Waals surface area (Å²) in [6.45, 7) is 2.78. The molecule has 2 aliphatic rings. The molecule has 1 N–H and O–H groups in total. The van der Waals surface area contributed by atoms with E-state index in [1.807, 2.05) is 19.1 Å². The van der Waals surface area contributed by atoms with Crippen molar-refractivity contribution in [1.29, 1.82) is 0 Å². The van der Waals surface area contributed by atoms with E-state index in [4.69, 9.17) is 0 Å². The molecule has 29 heavy (non-hydrogen) atoms. The van der Waals surface area contributed by atoms with Gasteiger partial charge in [0.25, 0.3) is 0 Å². The fourth-order valence-electron chi connectivity index (χ4n) is 4.35. The fraction of sp³-hybridized carbons (Fsp3) is 0.550. The lowest BCUT2D eigenvalue weighted by Crippen LogP contribution is -2.55. The lowest BCUT2D eigenvalue weighted by Gasteiger charge is -2.41. The molecule has 9 heteroatoms. The number of rotatable bonds is 3. The van der Waals surface area contributed by atoms with Gasteiger partial charge in [0.2, 0.25) is 5.91 Å². The normalized spacial score (nSPS) is 25.8. The monoisotopic (exact) mass is 407 g/mol. The molecular weight excluding hydrogens is 383 g/mol. The van der Waals surface area contributed by atoms with E-state index < -0.39 is 24.2 Å². The minimum atomic E-state index is -4.30. The molecule has 2 saturated heterocycles. The van der Waals surface area contributed by atoms with E-state index in [-0.39, 0.29) is 18.9 Å². The van der Waals surface area contributed by atoms with Crippen LogP contribution in [0.5, 0.6) is 0 Å². The summed E-state index contributed by atoms with van der Waals surface area (Å²) in [5, 5.41) is 3.19. The Hall–Kier alpha value is -2.42. The maximum Gasteiger partial charge on any atom is 0.393 e. The number of anilines is 1. The van der Waals surface area contributed by atoms with Gasteiger partial charge in [0.05, 0.1) is 23.2 Å². The first kappa shape index (κ1) is 19.9. The number of likely N-dealkylation sites (tertiary alicyclic amines) is 1. The third-order valence-corrected chi connectivity index (χ3v) is 5.92. The van der Waals surface area contributed by atoms with Crippen LogP contribution in [0, 0.1) is 12.8 Å². The van der Waals surface area contributed by atoms with Crippen LogP contribution in [0.1, 0.15) is 18.4 Å². The summed E-state index contributed by atoms with van der Waals surface area (Å²) in [5.41, 5.74) is 2.87. The van der Waals surface area contributed by atoms with Crippen molar-refractivity contribution >= 4 is 22.6 Å². The molecule has 0 saturated carbocycles. The molecular formula is C20H24F3N5O. The van der Waals surface area contributed by atoms with Crippen LogP contribution in [0.4, 0.5) is 18.9 Å². The highest BCUT2D eigenvalue weighted by Gasteiger charge is 2.45. The number of carbonyl (C=O) groups excluding carboxylic acids is 1. The molecule has 0 spiro atoms. The second-order valence-electron chi connectivity index (χ2n) is 8.00. The fourth-order valence-corrected chi connectivity index (χ4v) is 4.35. The number of aromatic nitrogens is 2. The number of nitrogens with one attached hydrogen (secondary N) is 1. The van der Waals surface area contributed by atoms with Gasteiger partial charge in [0, 0.05) is 45.1 Å². The number of carbonyl (C=O) groups is 1. The molecule has 2 aliphatic heterocycles. The van der Waals surface area contributed by atoms with Crippen molar-refractivity contribution in [3.05, 3.63) is 30.1 Å². The summed E-state index contributed by atoms with van der Waals surface area (Å²) in [6, 6.07) is 2.82. The lowest BCUT2D eigenvalue weighted by molar-refractivity contribution is -0.177. The highest BCUT2D eigenvalue weighted by Crippen LogP contribution is 2.37. The smallest absolute Gasteiger partial charge is 0.368 e. The number of piperidine rings is 1. The van der Waals surface area contributed by atoms with E-state index in [2.05, 4.69) is 15.3 Å². The van der Waals surface area contributed by atoms with E-state index in [1.54, 1.807) is 29.2 Å². The third-order valence-electron chi connectivity index (χ3n) is 5.92. The molecule has 156 valence electrons. The average molecular weight is 407 g/mol. The van der Waals surface area contributed by atoms with Crippen molar-refractivity contribution in [1.82, 2.24) is 20.2 Å². The second-order valence-corrected chi connectivity index (χ2v) is 8.00. The number of hydrogen-bond acceptors (Lipinski definition) is 5. The zero-order chi connectivity index (χ0) is 20.8. The van der Waals surface area contributed by atoms with Crippen LogP contribution in [0.15, 0.2) is 24.5 Å². The quantitative estimate of drug-likeness (QED) is 0.847. The van der Waals surface area contributed by atoms with Crippen molar-refractivity contribution in [3.63, 3.8) is 0 Å². The number of benzene rings is 1. The molecule has 0 radical (unpaired) electrons. The maximum atomic E-state index is 13.7. The zero-order valence-electron chi connectivity index (χ0n) is 16.4. The van der Waals surface area contributed by atoms with Crippen LogP contribution < -0.4 is 10.2 Å². The summed E-state index contributed by atoms with van der Waals surface area (Å²) < 4.78 is 41.0. The van der Waals surface area contributed by atoms with Gasteiger partial charge in [0.1, 0.15) is 5.52 Å². The number of halogens is 3. The summed E-state index contributed by atoms with van der Waals surface area (Å²) in [4.78, 5) is 24.3. The van der Waals surface area contributed by atoms with Crippen molar-refractivity contribution in [2.45, 2.75) is 38.0 Å². The van der Waals surface area contributed by atoms with Gasteiger partial charge in [-0.05, 0) is 31.4 Å². The second kappa shape index (κ2) is 7.44. The van der Waals surface area contributed by atoms with Gasteiger partial charge in [0.15, 0.2) is 0 Å². The van der Waals surface area contributed by atoms with Crippen LogP contribution >= 0.6 is 0 Å². The van der Waals surface area contributed by atoms with Crippen LogP contribution in [0.2, 0.25) is 0 Å². The topological polar surface area (TPSA) is 61.4 Å². The molecule has 2 aromatic rings. The molecule has 1 aromatic carbocycles. The Morgan fingerprint density at radius 1 is 1.14 bits per heavy atom. The number of amides is 1. The number of alkyl halides is 3. The Morgan fingerprint density at radius 3 is 2.52 bits per heavy atom. The van der Waals surface area contributed by atoms with E-state index in [9.17, 15) is 18.0 Å². The summed E-state index contributed by atoms with van der Waals surface area (Å²) in [6.07, 6.45) is -0.592. The average Bonchev–Trinajstić information content (AvgIpc) is 3.00. The molecule has 6 nitrogen and oxygen atoms in total. The molecule has 3 heterocycles. The Morgan fingerprint density at radius 2 is 1.86 bits per heavy atom. The SMILES string of the molecule is Cc1ccc(N2CC(NC3CCN(C)C3=O)CC(C(F)(F)F)C2)c2nccnc12. The minimum absolute atomic E-state index is 0.0387. The summed E-state index contributed by atoms with van der Waals surface area (Å²) in [7, 11) is 1.72. The van der Waals surface area contributed by atoms with Gasteiger partial charge in [-0.1, -0.05) is 6.07 Å². The van der Waals surface area contributed by atoms with Crippen LogP contribution in [-0.2, 0) is 4.79 Å². The van der Waals surface area contributed by atoms with Crippen molar-refractivity contribution in [3.8, 4) is 0 Å². The zero-order valence-corrected chi connectivity index (χ0v) is 16.4. The lowest BCUT2D eigenvalue weighted by atomic mass is 9.92. The van der Waals surface area contributed by atoms with Gasteiger partial charge in [-0.15, -0.1) is 0 Å². The first-order chi connectivity index (χ1) is 13.7. The highest BCUT2D eigenvalue weighted by atomic mass is 19.4. The molecule has 3 atom stereocenters. The number of hydrogen-bond donors (Lipinski definition) is 1. The van der Waals surface area contributed by atoms with Crippen LogP contribution in [0.25, 0.3) is 11.0 Å². The molecule has 3 unspecified atom stereocenters. The van der Waals surface area contributed by atoms with Gasteiger partial charge >= 0.3 is 6.18 Å². The predicted molar refractivity (Wildman–Crippen MR) is 104 cm³/mol. The first-order valence-corrected chi connectivity index (χ1v) is 9.77. The van der Waals surface area contributed by atoms with E-state index in [1.165, 1.54) is 0 Å². The van der Waals surface area contributed by atoms with Gasteiger partial charge in [-0.25, -0.2) is 0 Å². The van der Waals surface area contributed by atoms with E-state index in [0.29, 0.717) is 36.2 Å². The van der Waals surface area contributed by atoms with E-state index in [0.717, 1.165) is 5.56 Å². The largest absolute Gasteiger partial charge is 0.393 e. The molecule has 4 rings (SSSR count). The number of aryl methyl sites for hydroxylation is 1. The summed E-state index contributed by atoms with van der Waals surface area (Å²) in [5.74, 6) is -1.53. The standard InChI is InChI=1S/C20H24F3N5O/c1-12-3-4-16(18-17(12)24-6-7-25-18)28-10-13(20(21,22)23)9-14(11-28)26-15-5-8-27(2)19(15)29/h3-4,6-7,13-15,26H,5,8-11H2,1-2H3. The highest BCUT2D eigenvalue weighted by molar-refractivity contribution is 5.90. The third kappa shape index (κ3) is 3.88. The Balaban J connectivity index is 1.64. The van der Waals surface area contributed by atoms with Crippen molar-refractivity contribution < 1.29 is 18.0 Å². The maximum absolute atomic E-state index is 13.7. The Bertz CT molecular complexity index is 919. The predicted octanol–water partition coefficient (Wildman–Crippen LogP) is 2.52. The molecule has 0 aliphatic carbocycles. The number of nitrogens with zero attached hydrogens (tertiary/aromatic N) is 4. The van der Waals surface area contributed by atoms with Gasteiger partial charge < -0.3 is 15.1 Å². The molecule has 2 fully saturated rings. The molecule has 1 aromatic heterocycles. The number of fused-ring (bicyclic) bond motifs is 1. The minimum Gasteiger partial charge on any atom is -0.368 e. The first-order valence-electron chi connectivity index (χ1n) is 9.77.